The summed E-state index contributed by atoms with van der Waals surface area (Å²) < 4.78 is 26.3. The third kappa shape index (κ3) is 2.41. The highest BCUT2D eigenvalue weighted by atomic mass is 19.3. The number of piperidine rings is 1. The lowest BCUT2D eigenvalue weighted by Crippen LogP contribution is -2.50. The number of halogens is 2. The molecule has 72 valence electrons. The summed E-state index contributed by atoms with van der Waals surface area (Å²) in [7, 11) is 0. The predicted octanol–water partition coefficient (Wildman–Crippen LogP) is 2.42. The fourth-order valence-electron chi connectivity index (χ4n) is 1.65. The van der Waals surface area contributed by atoms with E-state index in [1.807, 2.05) is 13.8 Å². The lowest BCUT2D eigenvalue weighted by molar-refractivity contribution is -0.0659. The van der Waals surface area contributed by atoms with Crippen LogP contribution in [0, 0.1) is 5.92 Å². The monoisotopic (exact) mass is 177 g/mol. The van der Waals surface area contributed by atoms with Gasteiger partial charge in [-0.05, 0) is 25.3 Å². The Morgan fingerprint density at radius 2 is 2.17 bits per heavy atom. The zero-order valence-electron chi connectivity index (χ0n) is 7.74. The first kappa shape index (κ1) is 9.90. The van der Waals surface area contributed by atoms with E-state index >= 15 is 0 Å². The van der Waals surface area contributed by atoms with E-state index in [0.717, 1.165) is 6.54 Å². The molecule has 0 aromatic carbocycles. The molecule has 1 saturated heterocycles. The Kier molecular flexibility index (Phi) is 3.04. The van der Waals surface area contributed by atoms with E-state index in [4.69, 9.17) is 0 Å². The maximum atomic E-state index is 13.2. The van der Waals surface area contributed by atoms with Crippen molar-refractivity contribution in [1.82, 2.24) is 5.32 Å². The van der Waals surface area contributed by atoms with Gasteiger partial charge in [-0.3, -0.25) is 0 Å². The average molecular weight is 177 g/mol. The van der Waals surface area contributed by atoms with Gasteiger partial charge in [-0.2, -0.15) is 0 Å². The Morgan fingerprint density at radius 3 is 2.67 bits per heavy atom. The zero-order chi connectivity index (χ0) is 9.19. The number of hydrogen-bond acceptors (Lipinski definition) is 1. The van der Waals surface area contributed by atoms with Crippen LogP contribution < -0.4 is 5.32 Å². The molecule has 0 spiro atoms. The van der Waals surface area contributed by atoms with Crippen LogP contribution in [0.4, 0.5) is 8.78 Å². The molecule has 12 heavy (non-hydrogen) atoms. The zero-order valence-corrected chi connectivity index (χ0v) is 7.74. The van der Waals surface area contributed by atoms with Gasteiger partial charge in [-0.1, -0.05) is 13.8 Å². The van der Waals surface area contributed by atoms with Crippen LogP contribution in [0.25, 0.3) is 0 Å². The van der Waals surface area contributed by atoms with Crippen molar-refractivity contribution in [2.45, 2.75) is 45.1 Å². The van der Waals surface area contributed by atoms with Crippen molar-refractivity contribution in [2.24, 2.45) is 5.92 Å². The first-order valence-corrected chi connectivity index (χ1v) is 4.63. The van der Waals surface area contributed by atoms with Crippen molar-refractivity contribution >= 4 is 0 Å². The normalized spacial score (nSPS) is 29.2. The van der Waals surface area contributed by atoms with Crippen molar-refractivity contribution < 1.29 is 8.78 Å². The van der Waals surface area contributed by atoms with Gasteiger partial charge in [0.05, 0.1) is 6.04 Å². The fourth-order valence-corrected chi connectivity index (χ4v) is 1.65. The maximum Gasteiger partial charge on any atom is 0.263 e. The maximum absolute atomic E-state index is 13.2. The van der Waals surface area contributed by atoms with Crippen LogP contribution in [-0.2, 0) is 0 Å². The largest absolute Gasteiger partial charge is 0.309 e. The summed E-state index contributed by atoms with van der Waals surface area (Å²) >= 11 is 0. The molecule has 1 rings (SSSR count). The topological polar surface area (TPSA) is 12.0 Å². The average Bonchev–Trinajstić information content (AvgIpc) is 1.92. The van der Waals surface area contributed by atoms with E-state index in [1.165, 1.54) is 0 Å². The van der Waals surface area contributed by atoms with E-state index in [1.54, 1.807) is 0 Å². The molecule has 1 unspecified atom stereocenters. The molecule has 0 aliphatic carbocycles. The van der Waals surface area contributed by atoms with Gasteiger partial charge in [0.15, 0.2) is 0 Å². The summed E-state index contributed by atoms with van der Waals surface area (Å²) in [6, 6.07) is -0.591. The van der Waals surface area contributed by atoms with Crippen molar-refractivity contribution in [2.75, 3.05) is 6.54 Å². The van der Waals surface area contributed by atoms with Gasteiger partial charge in [0.2, 0.25) is 0 Å². The van der Waals surface area contributed by atoms with Crippen LogP contribution in [0.15, 0.2) is 0 Å². The van der Waals surface area contributed by atoms with E-state index in [2.05, 4.69) is 5.32 Å². The molecule has 0 aromatic heterocycles. The highest BCUT2D eigenvalue weighted by Crippen LogP contribution is 2.31. The second-order valence-electron chi connectivity index (χ2n) is 4.00. The van der Waals surface area contributed by atoms with Gasteiger partial charge in [0.1, 0.15) is 0 Å². The van der Waals surface area contributed by atoms with Crippen LogP contribution in [0.2, 0.25) is 0 Å². The third-order valence-corrected chi connectivity index (χ3v) is 2.29. The number of alkyl halides is 2. The molecule has 1 N–H and O–H groups in total. The van der Waals surface area contributed by atoms with Gasteiger partial charge in [0.25, 0.3) is 5.92 Å². The molecule has 1 aliphatic rings. The number of nitrogens with one attached hydrogen (secondary N) is 1. The lowest BCUT2D eigenvalue weighted by atomic mass is 9.93. The third-order valence-electron chi connectivity index (χ3n) is 2.29. The van der Waals surface area contributed by atoms with E-state index < -0.39 is 12.0 Å². The minimum absolute atomic E-state index is 0.0530. The molecule has 0 bridgehead atoms. The lowest BCUT2D eigenvalue weighted by Gasteiger charge is -2.33. The second-order valence-corrected chi connectivity index (χ2v) is 4.00. The second kappa shape index (κ2) is 3.69. The Labute approximate surface area is 72.5 Å². The van der Waals surface area contributed by atoms with E-state index in [-0.39, 0.29) is 6.42 Å². The standard InChI is InChI=1S/C9H17F2N/c1-7(2)6-8-9(10,11)4-3-5-12-8/h7-8,12H,3-6H2,1-2H3. The molecule has 1 heterocycles. The highest BCUT2D eigenvalue weighted by molar-refractivity contribution is 4.87. The minimum Gasteiger partial charge on any atom is -0.309 e. The Balaban J connectivity index is 2.48. The summed E-state index contributed by atoms with van der Waals surface area (Å²) in [5.74, 6) is -2.14. The molecule has 1 atom stereocenters. The van der Waals surface area contributed by atoms with Crippen molar-refractivity contribution in [3.8, 4) is 0 Å². The predicted molar refractivity (Wildman–Crippen MR) is 45.4 cm³/mol. The molecule has 0 saturated carbocycles. The SMILES string of the molecule is CC(C)CC1NCCCC1(F)F. The Morgan fingerprint density at radius 1 is 1.50 bits per heavy atom. The molecule has 1 nitrogen and oxygen atoms in total. The van der Waals surface area contributed by atoms with Gasteiger partial charge >= 0.3 is 0 Å². The quantitative estimate of drug-likeness (QED) is 0.683. The van der Waals surface area contributed by atoms with Gasteiger partial charge in [-0.15, -0.1) is 0 Å². The van der Waals surface area contributed by atoms with Crippen LogP contribution in [-0.4, -0.2) is 18.5 Å². The van der Waals surface area contributed by atoms with E-state index in [9.17, 15) is 8.78 Å². The molecule has 0 aromatic rings. The summed E-state index contributed by atoms with van der Waals surface area (Å²) in [5.41, 5.74) is 0. The Bertz CT molecular complexity index is 145. The molecule has 0 amide bonds. The van der Waals surface area contributed by atoms with Crippen LogP contribution in [0.1, 0.15) is 33.1 Å². The summed E-state index contributed by atoms with van der Waals surface area (Å²) in [5, 5.41) is 2.89. The van der Waals surface area contributed by atoms with Gasteiger partial charge in [0, 0.05) is 6.42 Å². The van der Waals surface area contributed by atoms with Crippen molar-refractivity contribution in [3.05, 3.63) is 0 Å². The molecule has 1 aliphatic heterocycles. The van der Waals surface area contributed by atoms with Gasteiger partial charge in [-0.25, -0.2) is 8.78 Å². The molecule has 3 heteroatoms. The Hall–Kier alpha value is -0.180. The first-order valence-electron chi connectivity index (χ1n) is 4.63. The highest BCUT2D eigenvalue weighted by Gasteiger charge is 2.41. The molecule has 1 fully saturated rings. The van der Waals surface area contributed by atoms with Crippen molar-refractivity contribution in [3.63, 3.8) is 0 Å². The number of rotatable bonds is 2. The van der Waals surface area contributed by atoms with Gasteiger partial charge < -0.3 is 5.32 Å². The molecular formula is C9H17F2N. The summed E-state index contributed by atoms with van der Waals surface area (Å²) in [4.78, 5) is 0. The summed E-state index contributed by atoms with van der Waals surface area (Å²) in [6.07, 6.45) is 1.23. The van der Waals surface area contributed by atoms with Crippen LogP contribution >= 0.6 is 0 Å². The first-order chi connectivity index (χ1) is 5.52. The van der Waals surface area contributed by atoms with Crippen molar-refractivity contribution in [1.29, 1.82) is 0 Å². The smallest absolute Gasteiger partial charge is 0.263 e. The summed E-state index contributed by atoms with van der Waals surface area (Å²) in [6.45, 7) is 4.70. The van der Waals surface area contributed by atoms with E-state index in [0.29, 0.717) is 18.8 Å². The fraction of sp³-hybridized carbons (Fsp3) is 1.00. The minimum atomic E-state index is -2.48. The number of hydrogen-bond donors (Lipinski definition) is 1. The van der Waals surface area contributed by atoms with Crippen LogP contribution in [0.3, 0.4) is 0 Å². The van der Waals surface area contributed by atoms with Crippen LogP contribution in [0.5, 0.6) is 0 Å². The molecule has 0 radical (unpaired) electrons. The molecular weight excluding hydrogens is 160 g/mol.